The van der Waals surface area contributed by atoms with Crippen LogP contribution in [0.1, 0.15) is 36.1 Å². The van der Waals surface area contributed by atoms with Crippen molar-refractivity contribution >= 4 is 11.7 Å². The highest BCUT2D eigenvalue weighted by molar-refractivity contribution is 6.00. The van der Waals surface area contributed by atoms with E-state index in [0.717, 1.165) is 5.76 Å². The normalized spacial score (nSPS) is 21.1. The summed E-state index contributed by atoms with van der Waals surface area (Å²) in [4.78, 5) is 17.3. The lowest BCUT2D eigenvalue weighted by Crippen LogP contribution is -2.33. The molecule has 3 heterocycles. The molecule has 0 saturated carbocycles. The second-order valence-corrected chi connectivity index (χ2v) is 7.11. The first kappa shape index (κ1) is 18.5. The lowest BCUT2D eigenvalue weighted by molar-refractivity contribution is -0.274. The minimum Gasteiger partial charge on any atom is -0.469 e. The van der Waals surface area contributed by atoms with Crippen LogP contribution < -0.4 is 10.1 Å². The topological polar surface area (TPSA) is 82.2 Å². The third-order valence-electron chi connectivity index (χ3n) is 5.24. The van der Waals surface area contributed by atoms with Crippen molar-refractivity contribution in [3.8, 4) is 5.75 Å². The van der Waals surface area contributed by atoms with Crippen LogP contribution in [0.25, 0.3) is 0 Å². The third kappa shape index (κ3) is 3.23. The van der Waals surface area contributed by atoms with Gasteiger partial charge in [-0.1, -0.05) is 12.1 Å². The van der Waals surface area contributed by atoms with Crippen LogP contribution in [0.15, 0.2) is 64.7 Å². The van der Waals surface area contributed by atoms with E-state index in [1.54, 1.807) is 17.0 Å². The van der Waals surface area contributed by atoms with Gasteiger partial charge in [-0.25, -0.2) is 4.68 Å². The van der Waals surface area contributed by atoms with E-state index in [9.17, 15) is 18.0 Å². The van der Waals surface area contributed by atoms with E-state index in [1.165, 1.54) is 30.6 Å². The molecule has 2 aromatic heterocycles. The van der Waals surface area contributed by atoms with Gasteiger partial charge in [0.2, 0.25) is 5.95 Å². The second-order valence-electron chi connectivity index (χ2n) is 7.11. The quantitative estimate of drug-likeness (QED) is 0.690. The fourth-order valence-corrected chi connectivity index (χ4v) is 4.04. The van der Waals surface area contributed by atoms with Crippen LogP contribution in [0.5, 0.6) is 5.75 Å². The fraction of sp³-hybridized carbons (Fsp3) is 0.250. The van der Waals surface area contributed by atoms with Gasteiger partial charge in [-0.15, -0.1) is 13.2 Å². The number of ketones is 1. The molecule has 0 fully saturated rings. The Morgan fingerprint density at radius 3 is 2.67 bits per heavy atom. The van der Waals surface area contributed by atoms with Crippen molar-refractivity contribution in [3.63, 3.8) is 0 Å². The molecule has 154 valence electrons. The average Bonchev–Trinajstić information content (AvgIpc) is 3.37. The molecule has 1 aromatic carbocycles. The summed E-state index contributed by atoms with van der Waals surface area (Å²) in [6, 6.07) is 8.47. The van der Waals surface area contributed by atoms with Gasteiger partial charge < -0.3 is 14.5 Å². The first-order chi connectivity index (χ1) is 14.4. The third-order valence-corrected chi connectivity index (χ3v) is 5.24. The van der Waals surface area contributed by atoms with E-state index in [4.69, 9.17) is 4.42 Å². The predicted molar refractivity (Wildman–Crippen MR) is 97.6 cm³/mol. The van der Waals surface area contributed by atoms with Gasteiger partial charge >= 0.3 is 6.36 Å². The number of nitrogens with one attached hydrogen (secondary N) is 1. The number of hydrogen-bond acceptors (Lipinski definition) is 6. The van der Waals surface area contributed by atoms with Crippen molar-refractivity contribution in [3.05, 3.63) is 71.6 Å². The van der Waals surface area contributed by atoms with E-state index in [2.05, 4.69) is 20.1 Å². The number of carbonyl (C=O) groups excluding carboxylic acids is 1. The Labute approximate surface area is 168 Å². The highest BCUT2D eigenvalue weighted by Crippen LogP contribution is 2.44. The number of alkyl halides is 3. The zero-order valence-corrected chi connectivity index (χ0v) is 15.4. The Bertz CT molecular complexity index is 1120. The molecule has 5 rings (SSSR count). The molecule has 1 aliphatic carbocycles. The molecule has 7 nitrogen and oxygen atoms in total. The number of fused-ring (bicyclic) bond motifs is 1. The first-order valence-corrected chi connectivity index (χ1v) is 9.21. The van der Waals surface area contributed by atoms with Crippen molar-refractivity contribution < 1.29 is 27.1 Å². The SMILES string of the molecule is O=C1C[C@H](c2ccco2)CC2=C1[C@@H](c1ccc(OC(F)(F)F)cc1)n1ncnc1N2. The van der Waals surface area contributed by atoms with Crippen LogP contribution in [0.4, 0.5) is 19.1 Å². The molecule has 0 radical (unpaired) electrons. The molecule has 1 aliphatic heterocycles. The number of ether oxygens (including phenoxy) is 1. The van der Waals surface area contributed by atoms with Crippen LogP contribution in [-0.2, 0) is 4.79 Å². The Morgan fingerprint density at radius 1 is 1.17 bits per heavy atom. The summed E-state index contributed by atoms with van der Waals surface area (Å²) in [5, 5.41) is 7.39. The molecule has 1 N–H and O–H groups in total. The van der Waals surface area contributed by atoms with E-state index >= 15 is 0 Å². The number of hydrogen-bond donors (Lipinski definition) is 1. The number of anilines is 1. The van der Waals surface area contributed by atoms with Crippen molar-refractivity contribution in [1.82, 2.24) is 14.8 Å². The van der Waals surface area contributed by atoms with Crippen molar-refractivity contribution in [2.75, 3.05) is 5.32 Å². The molecule has 0 saturated heterocycles. The van der Waals surface area contributed by atoms with E-state index in [0.29, 0.717) is 29.2 Å². The molecule has 3 aromatic rings. The smallest absolute Gasteiger partial charge is 0.469 e. The largest absolute Gasteiger partial charge is 0.573 e. The molecular formula is C20H15F3N4O3. The molecule has 30 heavy (non-hydrogen) atoms. The number of carbonyl (C=O) groups is 1. The second kappa shape index (κ2) is 6.75. The van der Waals surface area contributed by atoms with Gasteiger partial charge in [0.1, 0.15) is 23.9 Å². The zero-order valence-electron chi connectivity index (χ0n) is 15.4. The summed E-state index contributed by atoms with van der Waals surface area (Å²) in [6.45, 7) is 0. The number of furan rings is 1. The van der Waals surface area contributed by atoms with Crippen molar-refractivity contribution in [2.24, 2.45) is 0 Å². The maximum Gasteiger partial charge on any atom is 0.573 e. The number of rotatable bonds is 3. The summed E-state index contributed by atoms with van der Waals surface area (Å²) in [5.74, 6) is 0.681. The molecule has 2 aliphatic rings. The van der Waals surface area contributed by atoms with E-state index < -0.39 is 12.4 Å². The predicted octanol–water partition coefficient (Wildman–Crippen LogP) is 4.19. The summed E-state index contributed by atoms with van der Waals surface area (Å²) in [6.07, 6.45) is -1.02. The minimum absolute atomic E-state index is 0.0769. The number of halogens is 3. The van der Waals surface area contributed by atoms with Crippen molar-refractivity contribution in [1.29, 1.82) is 0 Å². The van der Waals surface area contributed by atoms with Crippen LogP contribution in [0.3, 0.4) is 0 Å². The van der Waals surface area contributed by atoms with Gasteiger partial charge in [0.25, 0.3) is 0 Å². The molecule has 10 heteroatoms. The monoisotopic (exact) mass is 416 g/mol. The van der Waals surface area contributed by atoms with Gasteiger partial charge in [0, 0.05) is 23.6 Å². The fourth-order valence-electron chi connectivity index (χ4n) is 4.04. The van der Waals surface area contributed by atoms with E-state index in [-0.39, 0.29) is 23.9 Å². The maximum absolute atomic E-state index is 13.1. The maximum atomic E-state index is 13.1. The summed E-state index contributed by atoms with van der Waals surface area (Å²) in [7, 11) is 0. The number of benzene rings is 1. The number of nitrogens with zero attached hydrogens (tertiary/aromatic N) is 3. The molecule has 2 atom stereocenters. The van der Waals surface area contributed by atoms with Gasteiger partial charge in [-0.2, -0.15) is 10.1 Å². The van der Waals surface area contributed by atoms with Crippen LogP contribution in [0.2, 0.25) is 0 Å². The lowest BCUT2D eigenvalue weighted by Gasteiger charge is -2.34. The molecular weight excluding hydrogens is 401 g/mol. The molecule has 0 unspecified atom stereocenters. The highest BCUT2D eigenvalue weighted by Gasteiger charge is 2.40. The number of allylic oxidation sites excluding steroid dienone is 2. The van der Waals surface area contributed by atoms with Crippen molar-refractivity contribution in [2.45, 2.75) is 31.2 Å². The van der Waals surface area contributed by atoms with Gasteiger partial charge in [0.05, 0.1) is 6.26 Å². The zero-order chi connectivity index (χ0) is 20.9. The summed E-state index contributed by atoms with van der Waals surface area (Å²) in [5.41, 5.74) is 1.85. The van der Waals surface area contributed by atoms with Crippen LogP contribution >= 0.6 is 0 Å². The minimum atomic E-state index is -4.77. The van der Waals surface area contributed by atoms with E-state index in [1.807, 2.05) is 6.07 Å². The Hall–Kier alpha value is -3.56. The Kier molecular flexibility index (Phi) is 4.16. The Balaban J connectivity index is 1.53. The number of aromatic nitrogens is 3. The standard InChI is InChI=1S/C20H15F3N4O3/c21-20(22,23)30-13-5-3-11(4-6-13)18-17-14(26-19-24-10-25-27(18)19)8-12(9-15(17)28)16-2-1-7-29-16/h1-7,10,12,18H,8-9H2,(H,24,25,26)/t12-,18-/m1/s1. The molecule has 0 amide bonds. The number of Topliss-reactive ketones (excluding diaryl/α,β-unsaturated/α-hetero) is 1. The molecule has 0 bridgehead atoms. The van der Waals surface area contributed by atoms with Gasteiger partial charge in [-0.3, -0.25) is 4.79 Å². The summed E-state index contributed by atoms with van der Waals surface area (Å²) >= 11 is 0. The summed E-state index contributed by atoms with van der Waals surface area (Å²) < 4.78 is 48.4. The first-order valence-electron chi connectivity index (χ1n) is 9.21. The van der Waals surface area contributed by atoms with Crippen LogP contribution in [0, 0.1) is 0 Å². The highest BCUT2D eigenvalue weighted by atomic mass is 19.4. The lowest BCUT2D eigenvalue weighted by atomic mass is 9.79. The average molecular weight is 416 g/mol. The van der Waals surface area contributed by atoms with Gasteiger partial charge in [-0.05, 0) is 36.2 Å². The molecule has 0 spiro atoms. The van der Waals surface area contributed by atoms with Crippen LogP contribution in [-0.4, -0.2) is 26.9 Å². The Morgan fingerprint density at radius 2 is 1.97 bits per heavy atom. The van der Waals surface area contributed by atoms with Gasteiger partial charge in [0.15, 0.2) is 5.78 Å².